The number of aromatic nitrogens is 2. The maximum Gasteiger partial charge on any atom is 0.367 e. The first-order chi connectivity index (χ1) is 12.9. The van der Waals surface area contributed by atoms with E-state index in [4.69, 9.17) is 10.5 Å². The van der Waals surface area contributed by atoms with Crippen LogP contribution in [0.4, 0.5) is 4.39 Å². The number of hydrogen-bond acceptors (Lipinski definition) is 5. The Kier molecular flexibility index (Phi) is 5.36. The summed E-state index contributed by atoms with van der Waals surface area (Å²) in [5.41, 5.74) is 8.36. The molecule has 8 heteroatoms. The molecule has 1 amide bonds. The Morgan fingerprint density at radius 3 is 2.78 bits per heavy atom. The van der Waals surface area contributed by atoms with Gasteiger partial charge in [0.2, 0.25) is 5.01 Å². The van der Waals surface area contributed by atoms with Crippen LogP contribution in [0, 0.1) is 12.7 Å². The van der Waals surface area contributed by atoms with Crippen LogP contribution < -0.4 is 5.73 Å². The number of thiazole rings is 1. The molecular weight excluding hydrogens is 369 g/mol. The lowest BCUT2D eigenvalue weighted by Crippen LogP contribution is -2.12. The van der Waals surface area contributed by atoms with Crippen LogP contribution in [0.25, 0.3) is 11.4 Å². The summed E-state index contributed by atoms with van der Waals surface area (Å²) in [7, 11) is 0. The highest BCUT2D eigenvalue weighted by Gasteiger charge is 2.20. The van der Waals surface area contributed by atoms with Gasteiger partial charge in [-0.05, 0) is 37.6 Å². The summed E-state index contributed by atoms with van der Waals surface area (Å²) >= 11 is 1.16. The van der Waals surface area contributed by atoms with Crippen LogP contribution in [0.3, 0.4) is 0 Å². The molecule has 0 fully saturated rings. The van der Waals surface area contributed by atoms with Crippen molar-refractivity contribution in [2.45, 2.75) is 20.4 Å². The van der Waals surface area contributed by atoms with Crippen LogP contribution in [0.5, 0.6) is 0 Å². The van der Waals surface area contributed by atoms with Crippen molar-refractivity contribution < 1.29 is 18.7 Å². The SMILES string of the molecule is CCOC(=O)c1nc(-c2cc(C(N)=O)c(C)n2Cc2cccc(F)c2)cs1. The summed E-state index contributed by atoms with van der Waals surface area (Å²) in [5.74, 6) is -1.40. The standard InChI is InChI=1S/C19H18FN3O3S/c1-3-26-19(25)18-22-15(10-27-18)16-8-14(17(21)24)11(2)23(16)9-12-5-4-6-13(20)7-12/h4-8,10H,3,9H2,1-2H3,(H2,21,24). The smallest absolute Gasteiger partial charge is 0.367 e. The zero-order valence-electron chi connectivity index (χ0n) is 14.9. The number of halogens is 1. The largest absolute Gasteiger partial charge is 0.461 e. The lowest BCUT2D eigenvalue weighted by atomic mass is 10.2. The number of nitrogens with zero attached hydrogens (tertiary/aromatic N) is 2. The number of rotatable bonds is 6. The molecular formula is C19H18FN3O3S. The fourth-order valence-corrected chi connectivity index (χ4v) is 3.51. The van der Waals surface area contributed by atoms with Gasteiger partial charge in [-0.2, -0.15) is 0 Å². The normalized spacial score (nSPS) is 10.8. The van der Waals surface area contributed by atoms with Crippen molar-refractivity contribution in [3.63, 3.8) is 0 Å². The number of carbonyl (C=O) groups excluding carboxylic acids is 2. The number of esters is 1. The Morgan fingerprint density at radius 2 is 2.11 bits per heavy atom. The van der Waals surface area contributed by atoms with E-state index in [0.29, 0.717) is 29.2 Å². The van der Waals surface area contributed by atoms with Crippen LogP contribution in [-0.2, 0) is 11.3 Å². The highest BCUT2D eigenvalue weighted by atomic mass is 32.1. The highest BCUT2D eigenvalue weighted by Crippen LogP contribution is 2.28. The average Bonchev–Trinajstić information content (AvgIpc) is 3.21. The molecule has 2 aromatic heterocycles. The third-order valence-electron chi connectivity index (χ3n) is 4.08. The van der Waals surface area contributed by atoms with Crippen molar-refractivity contribution in [3.8, 4) is 11.4 Å². The van der Waals surface area contributed by atoms with Crippen molar-refractivity contribution >= 4 is 23.2 Å². The molecule has 1 aromatic carbocycles. The van der Waals surface area contributed by atoms with E-state index in [1.807, 2.05) is 4.57 Å². The van der Waals surface area contributed by atoms with Crippen LogP contribution in [0.2, 0.25) is 0 Å². The molecule has 0 saturated carbocycles. The Balaban J connectivity index is 2.05. The molecule has 0 aliphatic rings. The minimum atomic E-state index is -0.562. The van der Waals surface area contributed by atoms with Crippen molar-refractivity contribution in [2.24, 2.45) is 5.73 Å². The molecule has 6 nitrogen and oxygen atoms in total. The van der Waals surface area contributed by atoms with E-state index in [2.05, 4.69) is 4.98 Å². The second-order valence-electron chi connectivity index (χ2n) is 5.87. The highest BCUT2D eigenvalue weighted by molar-refractivity contribution is 7.11. The summed E-state index contributed by atoms with van der Waals surface area (Å²) in [5, 5.41) is 1.94. The fraction of sp³-hybridized carbons (Fsp3) is 0.211. The molecule has 3 aromatic rings. The molecule has 140 valence electrons. The molecule has 0 atom stereocenters. The monoisotopic (exact) mass is 387 g/mol. The van der Waals surface area contributed by atoms with Crippen LogP contribution in [0.15, 0.2) is 35.7 Å². The maximum atomic E-state index is 13.5. The average molecular weight is 387 g/mol. The van der Waals surface area contributed by atoms with Gasteiger partial charge in [-0.3, -0.25) is 4.79 Å². The quantitative estimate of drug-likeness (QED) is 0.657. The predicted octanol–water partition coefficient (Wildman–Crippen LogP) is 3.38. The van der Waals surface area contributed by atoms with Gasteiger partial charge in [0.25, 0.3) is 5.91 Å². The summed E-state index contributed by atoms with van der Waals surface area (Å²) in [4.78, 5) is 28.0. The number of carbonyl (C=O) groups is 2. The lowest BCUT2D eigenvalue weighted by molar-refractivity contribution is 0.0526. The molecule has 0 radical (unpaired) electrons. The predicted molar refractivity (Wildman–Crippen MR) is 100 cm³/mol. The topological polar surface area (TPSA) is 87.2 Å². The van der Waals surface area contributed by atoms with Gasteiger partial charge in [-0.1, -0.05) is 12.1 Å². The molecule has 3 rings (SSSR count). The second kappa shape index (κ2) is 7.71. The maximum absolute atomic E-state index is 13.5. The van der Waals surface area contributed by atoms with E-state index in [-0.39, 0.29) is 17.4 Å². The summed E-state index contributed by atoms with van der Waals surface area (Å²) < 4.78 is 20.3. The van der Waals surface area contributed by atoms with Crippen LogP contribution in [-0.4, -0.2) is 28.0 Å². The molecule has 0 unspecified atom stereocenters. The second-order valence-corrected chi connectivity index (χ2v) is 6.73. The third-order valence-corrected chi connectivity index (χ3v) is 4.90. The first kappa shape index (κ1) is 18.8. The van der Waals surface area contributed by atoms with E-state index in [9.17, 15) is 14.0 Å². The number of nitrogens with two attached hydrogens (primary N) is 1. The van der Waals surface area contributed by atoms with E-state index < -0.39 is 11.9 Å². The Labute approximate surface area is 159 Å². The van der Waals surface area contributed by atoms with E-state index in [1.54, 1.807) is 37.4 Å². The summed E-state index contributed by atoms with van der Waals surface area (Å²) in [6, 6.07) is 7.86. The zero-order valence-corrected chi connectivity index (χ0v) is 15.7. The molecule has 27 heavy (non-hydrogen) atoms. The minimum absolute atomic E-state index is 0.226. The Bertz CT molecular complexity index is 1010. The van der Waals surface area contributed by atoms with Gasteiger partial charge in [0.05, 0.1) is 23.6 Å². The molecule has 2 heterocycles. The van der Waals surface area contributed by atoms with E-state index in [0.717, 1.165) is 16.9 Å². The van der Waals surface area contributed by atoms with Crippen LogP contribution in [0.1, 0.15) is 38.3 Å². The third kappa shape index (κ3) is 3.90. The molecule has 0 aliphatic carbocycles. The summed E-state index contributed by atoms with van der Waals surface area (Å²) in [6.45, 7) is 4.08. The number of benzene rings is 1. The molecule has 2 N–H and O–H groups in total. The molecule has 0 aliphatic heterocycles. The van der Waals surface area contributed by atoms with E-state index in [1.165, 1.54) is 12.1 Å². The van der Waals surface area contributed by atoms with Crippen LogP contribution >= 0.6 is 11.3 Å². The van der Waals surface area contributed by atoms with Gasteiger partial charge in [0.15, 0.2) is 0 Å². The van der Waals surface area contributed by atoms with Crippen molar-refractivity contribution in [1.29, 1.82) is 0 Å². The molecule has 0 bridgehead atoms. The van der Waals surface area contributed by atoms with Crippen molar-refractivity contribution in [1.82, 2.24) is 9.55 Å². The fourth-order valence-electron chi connectivity index (χ4n) is 2.81. The van der Waals surface area contributed by atoms with Crippen molar-refractivity contribution in [3.05, 3.63) is 63.4 Å². The first-order valence-electron chi connectivity index (χ1n) is 8.28. The minimum Gasteiger partial charge on any atom is -0.461 e. The first-order valence-corrected chi connectivity index (χ1v) is 9.16. The summed E-state index contributed by atoms with van der Waals surface area (Å²) in [6.07, 6.45) is 0. The molecule has 0 spiro atoms. The van der Waals surface area contributed by atoms with Gasteiger partial charge < -0.3 is 15.0 Å². The Morgan fingerprint density at radius 1 is 1.33 bits per heavy atom. The van der Waals surface area contributed by atoms with Gasteiger partial charge >= 0.3 is 5.97 Å². The van der Waals surface area contributed by atoms with Crippen molar-refractivity contribution in [2.75, 3.05) is 6.61 Å². The number of amides is 1. The molecule has 0 saturated heterocycles. The Hall–Kier alpha value is -3.00. The zero-order chi connectivity index (χ0) is 19.6. The van der Waals surface area contributed by atoms with E-state index >= 15 is 0 Å². The van der Waals surface area contributed by atoms with Gasteiger partial charge in [-0.15, -0.1) is 11.3 Å². The lowest BCUT2D eigenvalue weighted by Gasteiger charge is -2.11. The number of ether oxygens (including phenoxy) is 1. The number of hydrogen-bond donors (Lipinski definition) is 1. The van der Waals surface area contributed by atoms with Gasteiger partial charge in [0, 0.05) is 17.6 Å². The number of primary amides is 1. The van der Waals surface area contributed by atoms with Gasteiger partial charge in [-0.25, -0.2) is 14.2 Å². The van der Waals surface area contributed by atoms with Gasteiger partial charge in [0.1, 0.15) is 5.82 Å².